The van der Waals surface area contributed by atoms with E-state index in [2.05, 4.69) is 4.98 Å². The van der Waals surface area contributed by atoms with Crippen molar-refractivity contribution in [2.45, 2.75) is 44.8 Å². The summed E-state index contributed by atoms with van der Waals surface area (Å²) < 4.78 is 16.3. The van der Waals surface area contributed by atoms with Crippen molar-refractivity contribution in [2.75, 3.05) is 19.5 Å². The third kappa shape index (κ3) is 4.07. The van der Waals surface area contributed by atoms with E-state index in [1.54, 1.807) is 14.0 Å². The second-order valence-electron chi connectivity index (χ2n) is 5.11. The molecule has 0 aromatic carbocycles. The van der Waals surface area contributed by atoms with Gasteiger partial charge in [0.1, 0.15) is 11.7 Å². The topological polar surface area (TPSA) is 83.7 Å². The molecule has 6 heteroatoms. The van der Waals surface area contributed by atoms with Crippen molar-refractivity contribution in [3.05, 3.63) is 17.8 Å². The van der Waals surface area contributed by atoms with Gasteiger partial charge in [-0.3, -0.25) is 0 Å². The molecule has 2 N–H and O–H groups in total. The van der Waals surface area contributed by atoms with Crippen molar-refractivity contribution in [2.24, 2.45) is 0 Å². The highest BCUT2D eigenvalue weighted by molar-refractivity contribution is 5.92. The predicted molar refractivity (Wildman–Crippen MR) is 78.3 cm³/mol. The largest absolute Gasteiger partial charge is 0.474 e. The monoisotopic (exact) mass is 294 g/mol. The molecule has 2 unspecified atom stereocenters. The maximum Gasteiger partial charge on any atom is 0.343 e. The number of anilines is 1. The molecule has 0 amide bonds. The van der Waals surface area contributed by atoms with Crippen molar-refractivity contribution in [1.82, 2.24) is 4.98 Å². The minimum Gasteiger partial charge on any atom is -0.474 e. The molecule has 1 aromatic heterocycles. The quantitative estimate of drug-likeness (QED) is 0.838. The summed E-state index contributed by atoms with van der Waals surface area (Å²) in [6.45, 7) is 2.05. The standard InChI is InChI=1S/C15H22N2O4/c1-3-20-15(18)13-7-10(16)9-17-14(13)21-12-6-4-5-11(8-12)19-2/h7,9,11-12H,3-6,8,16H2,1-2H3. The molecule has 0 radical (unpaired) electrons. The number of rotatable bonds is 5. The van der Waals surface area contributed by atoms with Crippen molar-refractivity contribution < 1.29 is 19.0 Å². The zero-order valence-corrected chi connectivity index (χ0v) is 12.5. The fourth-order valence-electron chi connectivity index (χ4n) is 2.50. The maximum absolute atomic E-state index is 12.0. The smallest absolute Gasteiger partial charge is 0.343 e. The Morgan fingerprint density at radius 2 is 2.19 bits per heavy atom. The van der Waals surface area contributed by atoms with E-state index < -0.39 is 5.97 Å². The molecule has 1 aliphatic rings. The van der Waals surface area contributed by atoms with Crippen molar-refractivity contribution in [3.63, 3.8) is 0 Å². The first-order chi connectivity index (χ1) is 10.1. The molecule has 2 rings (SSSR count). The zero-order chi connectivity index (χ0) is 15.2. The molecular formula is C15H22N2O4. The summed E-state index contributed by atoms with van der Waals surface area (Å²) in [6, 6.07) is 1.54. The lowest BCUT2D eigenvalue weighted by Gasteiger charge is -2.28. The van der Waals surface area contributed by atoms with Crippen LogP contribution in [0.5, 0.6) is 5.88 Å². The number of nitrogens with two attached hydrogens (primary N) is 1. The van der Waals surface area contributed by atoms with Gasteiger partial charge in [0.05, 0.1) is 24.6 Å². The van der Waals surface area contributed by atoms with Crippen LogP contribution in [0.2, 0.25) is 0 Å². The van der Waals surface area contributed by atoms with Gasteiger partial charge in [-0.25, -0.2) is 9.78 Å². The Morgan fingerprint density at radius 1 is 1.43 bits per heavy atom. The van der Waals surface area contributed by atoms with Gasteiger partial charge in [0.15, 0.2) is 0 Å². The number of pyridine rings is 1. The molecule has 6 nitrogen and oxygen atoms in total. The summed E-state index contributed by atoms with van der Waals surface area (Å²) in [5, 5.41) is 0. The van der Waals surface area contributed by atoms with Gasteiger partial charge in [-0.05, 0) is 32.3 Å². The number of carbonyl (C=O) groups is 1. The van der Waals surface area contributed by atoms with Gasteiger partial charge in [0, 0.05) is 13.5 Å². The second-order valence-corrected chi connectivity index (χ2v) is 5.11. The van der Waals surface area contributed by atoms with Crippen LogP contribution in [0, 0.1) is 0 Å². The molecule has 0 saturated heterocycles. The molecule has 1 aliphatic carbocycles. The Balaban J connectivity index is 2.13. The number of hydrogen-bond donors (Lipinski definition) is 1. The molecule has 0 aliphatic heterocycles. The van der Waals surface area contributed by atoms with Gasteiger partial charge in [0.25, 0.3) is 0 Å². The highest BCUT2D eigenvalue weighted by Crippen LogP contribution is 2.27. The fourth-order valence-corrected chi connectivity index (χ4v) is 2.50. The fraction of sp³-hybridized carbons (Fsp3) is 0.600. The van der Waals surface area contributed by atoms with Crippen LogP contribution in [0.3, 0.4) is 0 Å². The summed E-state index contributed by atoms with van der Waals surface area (Å²) in [5.41, 5.74) is 6.37. The van der Waals surface area contributed by atoms with E-state index in [4.69, 9.17) is 19.9 Å². The van der Waals surface area contributed by atoms with Gasteiger partial charge in [0.2, 0.25) is 5.88 Å². The van der Waals surface area contributed by atoms with Crippen LogP contribution in [-0.4, -0.2) is 36.9 Å². The molecule has 1 fully saturated rings. The summed E-state index contributed by atoms with van der Waals surface area (Å²) in [5.74, 6) is -0.184. The van der Waals surface area contributed by atoms with Crippen LogP contribution in [0.25, 0.3) is 0 Å². The Kier molecular flexibility index (Phi) is 5.38. The van der Waals surface area contributed by atoms with Crippen molar-refractivity contribution >= 4 is 11.7 Å². The lowest BCUT2D eigenvalue weighted by atomic mass is 9.95. The molecule has 1 heterocycles. The summed E-state index contributed by atoms with van der Waals surface area (Å²) in [4.78, 5) is 16.1. The first kappa shape index (κ1) is 15.6. The van der Waals surface area contributed by atoms with Crippen molar-refractivity contribution in [3.8, 4) is 5.88 Å². The van der Waals surface area contributed by atoms with Gasteiger partial charge < -0.3 is 19.9 Å². The number of esters is 1. The molecule has 21 heavy (non-hydrogen) atoms. The minimum atomic E-state index is -0.466. The van der Waals surface area contributed by atoms with Crippen LogP contribution in [-0.2, 0) is 9.47 Å². The average molecular weight is 294 g/mol. The normalized spacial score (nSPS) is 21.8. The van der Waals surface area contributed by atoms with E-state index >= 15 is 0 Å². The van der Waals surface area contributed by atoms with Gasteiger partial charge in [-0.2, -0.15) is 0 Å². The number of carbonyl (C=O) groups excluding carboxylic acids is 1. The van der Waals surface area contributed by atoms with Crippen LogP contribution in [0.1, 0.15) is 43.0 Å². The third-order valence-corrected chi connectivity index (χ3v) is 3.56. The SMILES string of the molecule is CCOC(=O)c1cc(N)cnc1OC1CCCC(OC)C1. The van der Waals surface area contributed by atoms with E-state index in [1.165, 1.54) is 12.3 Å². The highest BCUT2D eigenvalue weighted by atomic mass is 16.5. The number of hydrogen-bond acceptors (Lipinski definition) is 6. The number of aromatic nitrogens is 1. The summed E-state index contributed by atoms with van der Waals surface area (Å²) in [6.07, 6.45) is 5.47. The number of methoxy groups -OCH3 is 1. The van der Waals surface area contributed by atoms with E-state index in [0.717, 1.165) is 25.7 Å². The van der Waals surface area contributed by atoms with E-state index in [-0.39, 0.29) is 23.7 Å². The van der Waals surface area contributed by atoms with Crippen LogP contribution in [0.4, 0.5) is 5.69 Å². The van der Waals surface area contributed by atoms with Crippen LogP contribution < -0.4 is 10.5 Å². The Labute approximate surface area is 124 Å². The van der Waals surface area contributed by atoms with E-state index in [1.807, 2.05) is 0 Å². The Bertz CT molecular complexity index is 493. The lowest BCUT2D eigenvalue weighted by Crippen LogP contribution is -2.30. The van der Waals surface area contributed by atoms with E-state index in [0.29, 0.717) is 12.3 Å². The molecule has 1 saturated carbocycles. The van der Waals surface area contributed by atoms with Crippen LogP contribution in [0.15, 0.2) is 12.3 Å². The van der Waals surface area contributed by atoms with Gasteiger partial charge in [-0.1, -0.05) is 0 Å². The summed E-state index contributed by atoms with van der Waals surface area (Å²) in [7, 11) is 1.71. The molecule has 0 spiro atoms. The molecule has 116 valence electrons. The number of nitrogens with zero attached hydrogens (tertiary/aromatic N) is 1. The molecule has 2 atom stereocenters. The Hall–Kier alpha value is -1.82. The van der Waals surface area contributed by atoms with Gasteiger partial charge >= 0.3 is 5.97 Å². The number of nitrogen functional groups attached to an aromatic ring is 1. The average Bonchev–Trinajstić information content (AvgIpc) is 2.49. The minimum absolute atomic E-state index is 0.00648. The predicted octanol–water partition coefficient (Wildman–Crippen LogP) is 2.18. The molecular weight excluding hydrogens is 272 g/mol. The molecule has 0 bridgehead atoms. The Morgan fingerprint density at radius 3 is 2.90 bits per heavy atom. The second kappa shape index (κ2) is 7.26. The van der Waals surface area contributed by atoms with Gasteiger partial charge in [-0.15, -0.1) is 0 Å². The first-order valence-corrected chi connectivity index (χ1v) is 7.26. The van der Waals surface area contributed by atoms with E-state index in [9.17, 15) is 4.79 Å². The molecule has 1 aromatic rings. The third-order valence-electron chi connectivity index (χ3n) is 3.56. The van der Waals surface area contributed by atoms with Crippen molar-refractivity contribution in [1.29, 1.82) is 0 Å². The van der Waals surface area contributed by atoms with Crippen LogP contribution >= 0.6 is 0 Å². The maximum atomic E-state index is 12.0. The highest BCUT2D eigenvalue weighted by Gasteiger charge is 2.25. The zero-order valence-electron chi connectivity index (χ0n) is 12.5. The summed E-state index contributed by atoms with van der Waals surface area (Å²) >= 11 is 0. The lowest BCUT2D eigenvalue weighted by molar-refractivity contribution is 0.0186. The number of ether oxygens (including phenoxy) is 3. The first-order valence-electron chi connectivity index (χ1n) is 7.26.